The molecule has 1 aromatic carbocycles. The van der Waals surface area contributed by atoms with Gasteiger partial charge in [-0.25, -0.2) is 4.98 Å². The molecule has 0 saturated carbocycles. The first-order valence-electron chi connectivity index (χ1n) is 8.04. The molecule has 138 valence electrons. The first-order chi connectivity index (χ1) is 12.3. The highest BCUT2D eigenvalue weighted by atomic mass is 19.4. The highest BCUT2D eigenvalue weighted by molar-refractivity contribution is 5.94. The molecule has 0 aliphatic carbocycles. The predicted octanol–water partition coefficient (Wildman–Crippen LogP) is 3.58. The Hall–Kier alpha value is -2.77. The number of nitrogens with zero attached hydrogens (tertiary/aromatic N) is 2. The van der Waals surface area contributed by atoms with Crippen LogP contribution < -0.4 is 9.47 Å². The molecule has 1 aliphatic rings. The van der Waals surface area contributed by atoms with Gasteiger partial charge in [0.2, 0.25) is 5.88 Å². The van der Waals surface area contributed by atoms with Gasteiger partial charge in [0.1, 0.15) is 11.9 Å². The van der Waals surface area contributed by atoms with Crippen LogP contribution in [0, 0.1) is 6.92 Å². The summed E-state index contributed by atoms with van der Waals surface area (Å²) in [5.74, 6) is -0.114. The van der Waals surface area contributed by atoms with E-state index in [2.05, 4.69) is 9.72 Å². The lowest BCUT2D eigenvalue weighted by Crippen LogP contribution is -2.31. The van der Waals surface area contributed by atoms with Crippen LogP contribution in [0.1, 0.15) is 22.3 Å². The lowest BCUT2D eigenvalue weighted by atomic mass is 10.2. The zero-order chi connectivity index (χ0) is 18.7. The molecular formula is C18H17F3N2O3. The van der Waals surface area contributed by atoms with E-state index in [1.54, 1.807) is 17.2 Å². The summed E-state index contributed by atoms with van der Waals surface area (Å²) in [4.78, 5) is 18.3. The number of amides is 1. The third-order valence-electron chi connectivity index (χ3n) is 3.94. The summed E-state index contributed by atoms with van der Waals surface area (Å²) in [5.41, 5.74) is 1.33. The number of alkyl halides is 3. The van der Waals surface area contributed by atoms with Crippen molar-refractivity contribution in [3.63, 3.8) is 0 Å². The summed E-state index contributed by atoms with van der Waals surface area (Å²) >= 11 is 0. The van der Waals surface area contributed by atoms with Crippen molar-refractivity contribution in [1.29, 1.82) is 0 Å². The van der Waals surface area contributed by atoms with Crippen LogP contribution in [0.3, 0.4) is 0 Å². The molecule has 1 fully saturated rings. The fourth-order valence-corrected chi connectivity index (χ4v) is 2.69. The Kier molecular flexibility index (Phi) is 5.01. The number of aromatic nitrogens is 1. The minimum atomic E-state index is -4.75. The molecule has 2 heterocycles. The second-order valence-corrected chi connectivity index (χ2v) is 6.03. The zero-order valence-electron chi connectivity index (χ0n) is 14.0. The molecule has 3 rings (SSSR count). The highest BCUT2D eigenvalue weighted by Gasteiger charge is 2.31. The summed E-state index contributed by atoms with van der Waals surface area (Å²) in [6, 6.07) is 8.56. The molecule has 1 aliphatic heterocycles. The summed E-state index contributed by atoms with van der Waals surface area (Å²) in [6.07, 6.45) is -2.55. The van der Waals surface area contributed by atoms with Gasteiger partial charge in [-0.05, 0) is 36.8 Å². The SMILES string of the molecule is Cc1ccc(OC2CCN(C(=O)c3ccc(OC(F)(F)F)cc3)C2)nc1. The van der Waals surface area contributed by atoms with Gasteiger partial charge in [0.05, 0.1) is 6.54 Å². The van der Waals surface area contributed by atoms with E-state index in [0.717, 1.165) is 17.7 Å². The molecule has 1 saturated heterocycles. The van der Waals surface area contributed by atoms with E-state index in [4.69, 9.17) is 4.74 Å². The van der Waals surface area contributed by atoms with Crippen molar-refractivity contribution in [2.75, 3.05) is 13.1 Å². The van der Waals surface area contributed by atoms with Crippen molar-refractivity contribution >= 4 is 5.91 Å². The van der Waals surface area contributed by atoms with E-state index in [1.807, 2.05) is 13.0 Å². The van der Waals surface area contributed by atoms with E-state index in [0.29, 0.717) is 31.0 Å². The van der Waals surface area contributed by atoms with Crippen LogP contribution in [-0.4, -0.2) is 41.3 Å². The van der Waals surface area contributed by atoms with Gasteiger partial charge in [0.25, 0.3) is 5.91 Å². The fraction of sp³-hybridized carbons (Fsp3) is 0.333. The largest absolute Gasteiger partial charge is 0.573 e. The second kappa shape index (κ2) is 7.23. The van der Waals surface area contributed by atoms with Crippen LogP contribution in [0.15, 0.2) is 42.6 Å². The molecule has 2 aromatic rings. The van der Waals surface area contributed by atoms with Gasteiger partial charge in [0, 0.05) is 30.8 Å². The first kappa shape index (κ1) is 18.0. The molecular weight excluding hydrogens is 349 g/mol. The van der Waals surface area contributed by atoms with Crippen molar-refractivity contribution in [1.82, 2.24) is 9.88 Å². The van der Waals surface area contributed by atoms with Crippen LogP contribution in [0.2, 0.25) is 0 Å². The number of halogens is 3. The first-order valence-corrected chi connectivity index (χ1v) is 8.04. The smallest absolute Gasteiger partial charge is 0.472 e. The monoisotopic (exact) mass is 366 g/mol. The Bertz CT molecular complexity index is 761. The number of benzene rings is 1. The number of hydrogen-bond donors (Lipinski definition) is 0. The van der Waals surface area contributed by atoms with Crippen molar-refractivity contribution in [3.05, 3.63) is 53.7 Å². The van der Waals surface area contributed by atoms with Gasteiger partial charge in [-0.2, -0.15) is 0 Å². The van der Waals surface area contributed by atoms with Gasteiger partial charge >= 0.3 is 6.36 Å². The van der Waals surface area contributed by atoms with Crippen molar-refractivity contribution in [2.45, 2.75) is 25.8 Å². The second-order valence-electron chi connectivity index (χ2n) is 6.03. The summed E-state index contributed by atoms with van der Waals surface area (Å²) in [6.45, 7) is 2.84. The van der Waals surface area contributed by atoms with Crippen LogP contribution in [-0.2, 0) is 0 Å². The zero-order valence-corrected chi connectivity index (χ0v) is 14.0. The summed E-state index contributed by atoms with van der Waals surface area (Å²) in [5, 5.41) is 0. The number of rotatable bonds is 4. The Morgan fingerprint density at radius 3 is 2.54 bits per heavy atom. The number of carbonyl (C=O) groups is 1. The minimum Gasteiger partial charge on any atom is -0.472 e. The van der Waals surface area contributed by atoms with Gasteiger partial charge in [-0.15, -0.1) is 13.2 Å². The number of likely N-dealkylation sites (tertiary alicyclic amines) is 1. The van der Waals surface area contributed by atoms with E-state index >= 15 is 0 Å². The van der Waals surface area contributed by atoms with Crippen molar-refractivity contribution < 1.29 is 27.4 Å². The van der Waals surface area contributed by atoms with Crippen molar-refractivity contribution in [2.24, 2.45) is 0 Å². The minimum absolute atomic E-state index is 0.165. The Labute approximate surface area is 148 Å². The molecule has 1 amide bonds. The van der Waals surface area contributed by atoms with E-state index < -0.39 is 6.36 Å². The summed E-state index contributed by atoms with van der Waals surface area (Å²) < 4.78 is 46.1. The molecule has 0 spiro atoms. The highest BCUT2D eigenvalue weighted by Crippen LogP contribution is 2.24. The van der Waals surface area contributed by atoms with Crippen LogP contribution in [0.5, 0.6) is 11.6 Å². The Morgan fingerprint density at radius 1 is 1.19 bits per heavy atom. The van der Waals surface area contributed by atoms with Gasteiger partial charge in [-0.1, -0.05) is 6.07 Å². The Morgan fingerprint density at radius 2 is 1.92 bits per heavy atom. The van der Waals surface area contributed by atoms with E-state index in [-0.39, 0.29) is 17.8 Å². The maximum Gasteiger partial charge on any atom is 0.573 e. The molecule has 26 heavy (non-hydrogen) atoms. The predicted molar refractivity (Wildman–Crippen MR) is 87.0 cm³/mol. The number of ether oxygens (including phenoxy) is 2. The van der Waals surface area contributed by atoms with Crippen LogP contribution in [0.25, 0.3) is 0 Å². The number of pyridine rings is 1. The maximum absolute atomic E-state index is 12.5. The number of hydrogen-bond acceptors (Lipinski definition) is 4. The third-order valence-corrected chi connectivity index (χ3v) is 3.94. The standard InChI is InChI=1S/C18H17F3N2O3/c1-12-2-7-16(22-10-12)25-15-8-9-23(11-15)17(24)13-3-5-14(6-4-13)26-18(19,20)21/h2-7,10,15H,8-9,11H2,1H3. The molecule has 1 unspecified atom stereocenters. The molecule has 1 aromatic heterocycles. The average molecular weight is 366 g/mol. The van der Waals surface area contributed by atoms with Gasteiger partial charge in [0.15, 0.2) is 0 Å². The fourth-order valence-electron chi connectivity index (χ4n) is 2.69. The van der Waals surface area contributed by atoms with Gasteiger partial charge in [-0.3, -0.25) is 4.79 Å². The van der Waals surface area contributed by atoms with Crippen molar-refractivity contribution in [3.8, 4) is 11.6 Å². The lowest BCUT2D eigenvalue weighted by molar-refractivity contribution is -0.274. The average Bonchev–Trinajstić information content (AvgIpc) is 3.04. The summed E-state index contributed by atoms with van der Waals surface area (Å²) in [7, 11) is 0. The molecule has 1 atom stereocenters. The van der Waals surface area contributed by atoms with Gasteiger partial charge < -0.3 is 14.4 Å². The quantitative estimate of drug-likeness (QED) is 0.830. The van der Waals surface area contributed by atoms with E-state index in [9.17, 15) is 18.0 Å². The van der Waals surface area contributed by atoms with Crippen LogP contribution >= 0.6 is 0 Å². The molecule has 8 heteroatoms. The normalized spacial score (nSPS) is 17.2. The topological polar surface area (TPSA) is 51.7 Å². The number of aryl methyl sites for hydroxylation is 1. The molecule has 5 nitrogen and oxygen atoms in total. The molecule has 0 radical (unpaired) electrons. The van der Waals surface area contributed by atoms with Crippen LogP contribution in [0.4, 0.5) is 13.2 Å². The third kappa shape index (κ3) is 4.65. The Balaban J connectivity index is 1.58. The number of carbonyl (C=O) groups excluding carboxylic acids is 1. The maximum atomic E-state index is 12.5. The molecule has 0 N–H and O–H groups in total. The van der Waals surface area contributed by atoms with E-state index in [1.165, 1.54) is 12.1 Å². The lowest BCUT2D eigenvalue weighted by Gasteiger charge is -2.17. The molecule has 0 bridgehead atoms.